The number of benzene rings is 1. The molecule has 0 spiro atoms. The van der Waals surface area contributed by atoms with Crippen LogP contribution in [0.1, 0.15) is 12.8 Å². The summed E-state index contributed by atoms with van der Waals surface area (Å²) >= 11 is 5.90. The molecule has 0 saturated carbocycles. The van der Waals surface area contributed by atoms with Crippen molar-refractivity contribution in [3.05, 3.63) is 26.2 Å². The highest BCUT2D eigenvalue weighted by atomic mass is 127. The molecule has 1 saturated heterocycles. The molecule has 4 heteroatoms. The molecule has 1 heterocycles. The Kier molecular flexibility index (Phi) is 5.11. The molecule has 1 aliphatic heterocycles. The van der Waals surface area contributed by atoms with Crippen LogP contribution in [0.5, 0.6) is 0 Å². The molecule has 0 bridgehead atoms. The van der Waals surface area contributed by atoms with E-state index in [1.807, 2.05) is 0 Å². The predicted octanol–water partition coefficient (Wildman–Crippen LogP) is 3.81. The Morgan fingerprint density at radius 2 is 2.12 bits per heavy atom. The molecule has 0 amide bonds. The van der Waals surface area contributed by atoms with Crippen molar-refractivity contribution in [3.8, 4) is 0 Å². The van der Waals surface area contributed by atoms with Crippen LogP contribution in [0, 0.1) is 9.49 Å². The number of piperidine rings is 1. The first kappa shape index (κ1) is 13.6. The first-order valence-electron chi connectivity index (χ1n) is 6.02. The summed E-state index contributed by atoms with van der Waals surface area (Å²) in [6.07, 6.45) is 2.63. The summed E-state index contributed by atoms with van der Waals surface area (Å²) in [6, 6.07) is 6.39. The SMILES string of the molecule is CN1CCC(CNc2cc(Br)ccc2I)CC1. The van der Waals surface area contributed by atoms with Crippen molar-refractivity contribution >= 4 is 44.2 Å². The Labute approximate surface area is 125 Å². The van der Waals surface area contributed by atoms with Gasteiger partial charge in [0.25, 0.3) is 0 Å². The number of rotatable bonds is 3. The molecular weight excluding hydrogens is 391 g/mol. The summed E-state index contributed by atoms with van der Waals surface area (Å²) in [5.41, 5.74) is 1.25. The van der Waals surface area contributed by atoms with Gasteiger partial charge in [0.2, 0.25) is 0 Å². The number of likely N-dealkylation sites (tertiary alicyclic amines) is 1. The van der Waals surface area contributed by atoms with E-state index in [1.54, 1.807) is 0 Å². The fourth-order valence-electron chi connectivity index (χ4n) is 2.15. The second kappa shape index (κ2) is 6.38. The Balaban J connectivity index is 1.87. The van der Waals surface area contributed by atoms with Crippen LogP contribution in [-0.4, -0.2) is 31.6 Å². The van der Waals surface area contributed by atoms with Gasteiger partial charge in [0, 0.05) is 20.3 Å². The Morgan fingerprint density at radius 3 is 2.82 bits per heavy atom. The van der Waals surface area contributed by atoms with Gasteiger partial charge < -0.3 is 10.2 Å². The zero-order valence-electron chi connectivity index (χ0n) is 10.0. The van der Waals surface area contributed by atoms with Crippen LogP contribution >= 0.6 is 38.5 Å². The molecule has 2 nitrogen and oxygen atoms in total. The van der Waals surface area contributed by atoms with E-state index >= 15 is 0 Å². The molecule has 0 unspecified atom stereocenters. The highest BCUT2D eigenvalue weighted by molar-refractivity contribution is 14.1. The van der Waals surface area contributed by atoms with Gasteiger partial charge in [-0.3, -0.25) is 0 Å². The number of hydrogen-bond acceptors (Lipinski definition) is 2. The lowest BCUT2D eigenvalue weighted by Gasteiger charge is -2.29. The molecule has 0 aliphatic carbocycles. The molecule has 1 aromatic rings. The van der Waals surface area contributed by atoms with Crippen molar-refractivity contribution in [1.82, 2.24) is 4.90 Å². The summed E-state index contributed by atoms with van der Waals surface area (Å²) in [5, 5.41) is 3.58. The summed E-state index contributed by atoms with van der Waals surface area (Å²) in [7, 11) is 2.21. The largest absolute Gasteiger partial charge is 0.384 e. The first-order valence-corrected chi connectivity index (χ1v) is 7.90. The number of nitrogens with zero attached hydrogens (tertiary/aromatic N) is 1. The van der Waals surface area contributed by atoms with Crippen molar-refractivity contribution in [3.63, 3.8) is 0 Å². The molecule has 0 aromatic heterocycles. The van der Waals surface area contributed by atoms with Gasteiger partial charge in [-0.15, -0.1) is 0 Å². The Bertz CT molecular complexity index is 376. The lowest BCUT2D eigenvalue weighted by atomic mass is 9.97. The van der Waals surface area contributed by atoms with E-state index < -0.39 is 0 Å². The van der Waals surface area contributed by atoms with Crippen molar-refractivity contribution in [2.75, 3.05) is 32.0 Å². The molecule has 2 rings (SSSR count). The maximum Gasteiger partial charge on any atom is 0.0487 e. The first-order chi connectivity index (χ1) is 8.15. The van der Waals surface area contributed by atoms with E-state index in [0.29, 0.717) is 0 Å². The lowest BCUT2D eigenvalue weighted by Crippen LogP contribution is -2.33. The van der Waals surface area contributed by atoms with Crippen molar-refractivity contribution in [2.24, 2.45) is 5.92 Å². The molecule has 0 radical (unpaired) electrons. The summed E-state index contributed by atoms with van der Waals surface area (Å²) < 4.78 is 2.43. The number of halogens is 2. The smallest absolute Gasteiger partial charge is 0.0487 e. The highest BCUT2D eigenvalue weighted by Gasteiger charge is 2.16. The van der Waals surface area contributed by atoms with E-state index in [1.165, 1.54) is 35.2 Å². The van der Waals surface area contributed by atoms with Crippen LogP contribution in [0.4, 0.5) is 5.69 Å². The van der Waals surface area contributed by atoms with E-state index in [9.17, 15) is 0 Å². The quantitative estimate of drug-likeness (QED) is 0.765. The molecule has 1 N–H and O–H groups in total. The number of nitrogens with one attached hydrogen (secondary N) is 1. The third-order valence-electron chi connectivity index (χ3n) is 3.35. The Morgan fingerprint density at radius 1 is 1.41 bits per heavy atom. The van der Waals surface area contributed by atoms with Gasteiger partial charge in [0.05, 0.1) is 0 Å². The Hall–Kier alpha value is 0.190. The van der Waals surface area contributed by atoms with Gasteiger partial charge in [-0.05, 0) is 79.7 Å². The van der Waals surface area contributed by atoms with Gasteiger partial charge in [-0.25, -0.2) is 0 Å². The number of anilines is 1. The second-order valence-electron chi connectivity index (χ2n) is 4.75. The van der Waals surface area contributed by atoms with E-state index in [-0.39, 0.29) is 0 Å². The molecule has 17 heavy (non-hydrogen) atoms. The minimum Gasteiger partial charge on any atom is -0.384 e. The molecular formula is C13H18BrIN2. The summed E-state index contributed by atoms with van der Waals surface area (Å²) in [5.74, 6) is 0.820. The van der Waals surface area contributed by atoms with Crippen molar-refractivity contribution < 1.29 is 0 Å². The van der Waals surface area contributed by atoms with Crippen LogP contribution < -0.4 is 5.32 Å². The van der Waals surface area contributed by atoms with Crippen LogP contribution in [0.25, 0.3) is 0 Å². The average Bonchev–Trinajstić information content (AvgIpc) is 2.32. The van der Waals surface area contributed by atoms with Gasteiger partial charge in [-0.1, -0.05) is 15.9 Å². The lowest BCUT2D eigenvalue weighted by molar-refractivity contribution is 0.226. The van der Waals surface area contributed by atoms with Crippen LogP contribution in [-0.2, 0) is 0 Å². The average molecular weight is 409 g/mol. The summed E-state index contributed by atoms with van der Waals surface area (Å²) in [4.78, 5) is 2.42. The monoisotopic (exact) mass is 408 g/mol. The van der Waals surface area contributed by atoms with E-state index in [4.69, 9.17) is 0 Å². The van der Waals surface area contributed by atoms with Crippen molar-refractivity contribution in [1.29, 1.82) is 0 Å². The van der Waals surface area contributed by atoms with Crippen LogP contribution in [0.15, 0.2) is 22.7 Å². The topological polar surface area (TPSA) is 15.3 Å². The van der Waals surface area contributed by atoms with Gasteiger partial charge in [0.1, 0.15) is 0 Å². The van der Waals surface area contributed by atoms with Crippen LogP contribution in [0.3, 0.4) is 0 Å². The van der Waals surface area contributed by atoms with Crippen molar-refractivity contribution in [2.45, 2.75) is 12.8 Å². The maximum atomic E-state index is 3.58. The van der Waals surface area contributed by atoms with Crippen LogP contribution in [0.2, 0.25) is 0 Å². The third kappa shape index (κ3) is 4.10. The molecule has 1 aliphatic rings. The summed E-state index contributed by atoms with van der Waals surface area (Å²) in [6.45, 7) is 3.57. The van der Waals surface area contributed by atoms with Gasteiger partial charge in [-0.2, -0.15) is 0 Å². The normalized spacial score (nSPS) is 18.3. The fourth-order valence-corrected chi connectivity index (χ4v) is 3.04. The third-order valence-corrected chi connectivity index (χ3v) is 4.78. The molecule has 0 atom stereocenters. The number of hydrogen-bond donors (Lipinski definition) is 1. The van der Waals surface area contributed by atoms with Gasteiger partial charge in [0.15, 0.2) is 0 Å². The van der Waals surface area contributed by atoms with E-state index in [0.717, 1.165) is 16.9 Å². The maximum absolute atomic E-state index is 3.58. The molecule has 94 valence electrons. The predicted molar refractivity (Wildman–Crippen MR) is 85.6 cm³/mol. The zero-order valence-corrected chi connectivity index (χ0v) is 13.8. The van der Waals surface area contributed by atoms with Gasteiger partial charge >= 0.3 is 0 Å². The molecule has 1 aromatic carbocycles. The standard InChI is InChI=1S/C13H18BrIN2/c1-17-6-4-10(5-7-17)9-16-13-8-11(14)2-3-12(13)15/h2-3,8,10,16H,4-7,9H2,1H3. The minimum absolute atomic E-state index is 0.820. The highest BCUT2D eigenvalue weighted by Crippen LogP contribution is 2.24. The fraction of sp³-hybridized carbons (Fsp3) is 0.538. The second-order valence-corrected chi connectivity index (χ2v) is 6.83. The molecule has 1 fully saturated rings. The van der Waals surface area contributed by atoms with E-state index in [2.05, 4.69) is 74.0 Å². The minimum atomic E-state index is 0.820. The zero-order chi connectivity index (χ0) is 12.3.